The van der Waals surface area contributed by atoms with E-state index in [0.29, 0.717) is 5.92 Å². The minimum Gasteiger partial charge on any atom is -0.482 e. The predicted molar refractivity (Wildman–Crippen MR) is 132 cm³/mol. The minimum atomic E-state index is -4.33. The standard InChI is InChI=1S/C26H29F3N4O3/c1-25(30-13-14-31-25)18-36-24-10-9-22(17-23(24)33(34)35)32-15-11-20(12-16-32)4-2-3-19-5-7-21(8-6-19)26(27,28)29/h2-3,5-10,13-14,17,20,30-31H,4,11-12,15-16,18H2,1H3. The summed E-state index contributed by atoms with van der Waals surface area (Å²) in [5.41, 5.74) is 0.289. The van der Waals surface area contributed by atoms with Gasteiger partial charge in [-0.05, 0) is 61.9 Å². The molecule has 0 unspecified atom stereocenters. The smallest absolute Gasteiger partial charge is 0.416 e. The van der Waals surface area contributed by atoms with E-state index in [9.17, 15) is 23.3 Å². The molecule has 0 atom stereocenters. The van der Waals surface area contributed by atoms with Crippen LogP contribution < -0.4 is 20.3 Å². The Morgan fingerprint density at radius 2 is 1.81 bits per heavy atom. The fourth-order valence-corrected chi connectivity index (χ4v) is 4.37. The molecule has 36 heavy (non-hydrogen) atoms. The van der Waals surface area contributed by atoms with Gasteiger partial charge in [0.2, 0.25) is 0 Å². The number of nitro groups is 1. The van der Waals surface area contributed by atoms with Gasteiger partial charge in [0.1, 0.15) is 12.3 Å². The van der Waals surface area contributed by atoms with Crippen molar-refractivity contribution in [2.45, 2.75) is 38.0 Å². The number of piperidine rings is 1. The number of hydrogen-bond acceptors (Lipinski definition) is 6. The summed E-state index contributed by atoms with van der Waals surface area (Å²) in [6.07, 6.45) is 5.72. The van der Waals surface area contributed by atoms with E-state index in [-0.39, 0.29) is 18.0 Å². The van der Waals surface area contributed by atoms with Gasteiger partial charge in [-0.3, -0.25) is 10.1 Å². The number of nitrogens with one attached hydrogen (secondary N) is 2. The third kappa shape index (κ3) is 6.30. The second-order valence-corrected chi connectivity index (χ2v) is 9.34. The Morgan fingerprint density at radius 3 is 2.42 bits per heavy atom. The molecule has 2 aromatic rings. The maximum atomic E-state index is 12.7. The molecular weight excluding hydrogens is 473 g/mol. The van der Waals surface area contributed by atoms with Crippen molar-refractivity contribution >= 4 is 17.5 Å². The number of alkyl halides is 3. The molecule has 0 spiro atoms. The molecule has 0 bridgehead atoms. The van der Waals surface area contributed by atoms with E-state index in [1.807, 2.05) is 25.1 Å². The van der Waals surface area contributed by atoms with Crippen LogP contribution in [-0.2, 0) is 6.18 Å². The second-order valence-electron chi connectivity index (χ2n) is 9.34. The first-order valence-corrected chi connectivity index (χ1v) is 11.8. The zero-order valence-corrected chi connectivity index (χ0v) is 19.9. The summed E-state index contributed by atoms with van der Waals surface area (Å²) in [5.74, 6) is 0.675. The van der Waals surface area contributed by atoms with Crippen LogP contribution in [0.2, 0.25) is 0 Å². The highest BCUT2D eigenvalue weighted by atomic mass is 19.4. The molecule has 2 aromatic carbocycles. The Balaban J connectivity index is 1.30. The van der Waals surface area contributed by atoms with Crippen molar-refractivity contribution in [3.8, 4) is 5.75 Å². The van der Waals surface area contributed by atoms with Gasteiger partial charge >= 0.3 is 11.9 Å². The summed E-state index contributed by atoms with van der Waals surface area (Å²) >= 11 is 0. The molecule has 2 aliphatic heterocycles. The molecule has 2 N–H and O–H groups in total. The number of anilines is 1. The first-order valence-electron chi connectivity index (χ1n) is 11.8. The van der Waals surface area contributed by atoms with Crippen LogP contribution in [0.15, 0.2) is 60.9 Å². The van der Waals surface area contributed by atoms with Crippen LogP contribution in [0.25, 0.3) is 6.08 Å². The van der Waals surface area contributed by atoms with Crippen molar-refractivity contribution in [3.05, 3.63) is 82.2 Å². The van der Waals surface area contributed by atoms with Gasteiger partial charge in [0.25, 0.3) is 0 Å². The zero-order chi connectivity index (χ0) is 25.8. The lowest BCUT2D eigenvalue weighted by atomic mass is 9.92. The molecule has 10 heteroatoms. The molecule has 1 saturated heterocycles. The lowest BCUT2D eigenvalue weighted by molar-refractivity contribution is -0.385. The minimum absolute atomic E-state index is 0.0661. The number of halogens is 3. The molecule has 2 aliphatic rings. The average molecular weight is 503 g/mol. The summed E-state index contributed by atoms with van der Waals surface area (Å²) in [4.78, 5) is 13.4. The van der Waals surface area contributed by atoms with Crippen molar-refractivity contribution in [1.82, 2.24) is 10.6 Å². The van der Waals surface area contributed by atoms with Crippen LogP contribution in [0.1, 0.15) is 37.3 Å². The maximum absolute atomic E-state index is 12.7. The molecule has 2 heterocycles. The van der Waals surface area contributed by atoms with Crippen LogP contribution in [-0.4, -0.2) is 30.3 Å². The summed E-state index contributed by atoms with van der Waals surface area (Å²) in [6, 6.07) is 10.2. The van der Waals surface area contributed by atoms with E-state index in [1.54, 1.807) is 24.5 Å². The summed E-state index contributed by atoms with van der Waals surface area (Å²) < 4.78 is 43.8. The van der Waals surface area contributed by atoms with Crippen LogP contribution in [0.4, 0.5) is 24.5 Å². The van der Waals surface area contributed by atoms with Crippen LogP contribution >= 0.6 is 0 Å². The normalized spacial score (nSPS) is 17.7. The average Bonchev–Trinajstić information content (AvgIpc) is 3.29. The Bertz CT molecular complexity index is 1120. The zero-order valence-electron chi connectivity index (χ0n) is 19.9. The fourth-order valence-electron chi connectivity index (χ4n) is 4.37. The Hall–Kier alpha value is -3.69. The Kier molecular flexibility index (Phi) is 7.42. The van der Waals surface area contributed by atoms with Crippen molar-refractivity contribution in [3.63, 3.8) is 0 Å². The number of ether oxygens (including phenoxy) is 1. The van der Waals surface area contributed by atoms with Gasteiger partial charge in [-0.25, -0.2) is 0 Å². The molecule has 0 aliphatic carbocycles. The van der Waals surface area contributed by atoms with E-state index in [2.05, 4.69) is 15.5 Å². The van der Waals surface area contributed by atoms with Crippen LogP contribution in [0.5, 0.6) is 5.75 Å². The quantitative estimate of drug-likeness (QED) is 0.357. The predicted octanol–water partition coefficient (Wildman–Crippen LogP) is 5.69. The maximum Gasteiger partial charge on any atom is 0.416 e. The number of rotatable bonds is 8. The van der Waals surface area contributed by atoms with E-state index in [0.717, 1.165) is 55.7 Å². The highest BCUT2D eigenvalue weighted by molar-refractivity contribution is 5.60. The molecule has 0 radical (unpaired) electrons. The van der Waals surface area contributed by atoms with Crippen molar-refractivity contribution in [2.75, 3.05) is 24.6 Å². The Labute approximate surface area is 207 Å². The van der Waals surface area contributed by atoms with Crippen LogP contribution in [0.3, 0.4) is 0 Å². The summed E-state index contributed by atoms with van der Waals surface area (Å²) in [6.45, 7) is 3.66. The number of hydrogen-bond donors (Lipinski definition) is 2. The molecule has 192 valence electrons. The monoisotopic (exact) mass is 502 g/mol. The third-order valence-corrected chi connectivity index (χ3v) is 6.54. The van der Waals surface area contributed by atoms with E-state index >= 15 is 0 Å². The van der Waals surface area contributed by atoms with Gasteiger partial charge in [0.15, 0.2) is 5.75 Å². The molecule has 0 saturated carbocycles. The first-order chi connectivity index (χ1) is 17.1. The van der Waals surface area contributed by atoms with Gasteiger partial charge in [-0.1, -0.05) is 24.3 Å². The molecule has 0 amide bonds. The summed E-state index contributed by atoms with van der Waals surface area (Å²) in [7, 11) is 0. The lowest BCUT2D eigenvalue weighted by Crippen LogP contribution is -2.50. The van der Waals surface area contributed by atoms with Gasteiger partial charge in [-0.15, -0.1) is 0 Å². The summed E-state index contributed by atoms with van der Waals surface area (Å²) in [5, 5.41) is 17.9. The Morgan fingerprint density at radius 1 is 1.14 bits per heavy atom. The van der Waals surface area contributed by atoms with E-state index < -0.39 is 22.3 Å². The molecule has 0 aromatic heterocycles. The van der Waals surface area contributed by atoms with Gasteiger partial charge in [0.05, 0.1) is 10.5 Å². The lowest BCUT2D eigenvalue weighted by Gasteiger charge is -2.33. The number of nitrogens with zero attached hydrogens (tertiary/aromatic N) is 2. The van der Waals surface area contributed by atoms with Gasteiger partial charge in [-0.2, -0.15) is 13.2 Å². The van der Waals surface area contributed by atoms with Gasteiger partial charge < -0.3 is 20.3 Å². The second kappa shape index (κ2) is 10.5. The van der Waals surface area contributed by atoms with E-state index in [4.69, 9.17) is 4.74 Å². The van der Waals surface area contributed by atoms with Crippen molar-refractivity contribution in [2.24, 2.45) is 5.92 Å². The largest absolute Gasteiger partial charge is 0.482 e. The highest BCUT2D eigenvalue weighted by Gasteiger charge is 2.30. The van der Waals surface area contributed by atoms with Crippen LogP contribution in [0, 0.1) is 16.0 Å². The molecular formula is C26H29F3N4O3. The number of benzene rings is 2. The fraction of sp³-hybridized carbons (Fsp3) is 0.385. The number of nitro benzene ring substituents is 1. The van der Waals surface area contributed by atoms with Crippen molar-refractivity contribution < 1.29 is 22.8 Å². The van der Waals surface area contributed by atoms with Crippen molar-refractivity contribution in [1.29, 1.82) is 0 Å². The molecule has 7 nitrogen and oxygen atoms in total. The first kappa shape index (κ1) is 25.4. The van der Waals surface area contributed by atoms with E-state index in [1.165, 1.54) is 12.1 Å². The topological polar surface area (TPSA) is 79.7 Å². The SMILES string of the molecule is CC1(COc2ccc(N3CCC(CC=Cc4ccc(C(F)(F)F)cc4)CC3)cc2[N+](=O)[O-])NC=CN1. The number of allylic oxidation sites excluding steroid dienone is 1. The highest BCUT2D eigenvalue weighted by Crippen LogP contribution is 2.34. The molecule has 1 fully saturated rings. The third-order valence-electron chi connectivity index (χ3n) is 6.54. The molecule has 4 rings (SSSR count). The van der Waals surface area contributed by atoms with Gasteiger partial charge in [0, 0.05) is 37.2 Å².